The molecule has 0 radical (unpaired) electrons. The van der Waals surface area contributed by atoms with Crippen molar-refractivity contribution in [2.45, 2.75) is 126 Å². The highest BCUT2D eigenvalue weighted by Gasteiger charge is 2.50. The Kier molecular flexibility index (Phi) is 19.3. The maximum absolute atomic E-state index is 14.2. The van der Waals surface area contributed by atoms with Crippen LogP contribution in [0.2, 0.25) is 0 Å². The molecule has 4 aromatic rings. The molecule has 0 bridgehead atoms. The summed E-state index contributed by atoms with van der Waals surface area (Å²) in [7, 11) is 0. The standard InChI is InChI=1S/C63H77N7O9/c1-41(71)65-36-57(72)79-32-20-9-7-5-3-2-4-6-8-19-31-64-58(73)50-37-69(38-51(50)59(74)66-54-33-47(54)42-21-13-10-14-22-42)62(77)45-27-29-46(30-28-45)63(78)70-39-52(60(75)67-55-34-48(55)43-23-15-11-16-24-43)53(40-70)61(76)68-56-35-49(56)44-25-17-12-18-26-44/h10-18,21-30,47-56H,2-9,19-20,31-40H2,1H3,(H,64,73)(H,65,71)(H,66,74)(H,67,75)(H,68,76)/t47-,48-,49-,50-,51-,52-,53-,54+,55+,56+/m1/s1. The maximum Gasteiger partial charge on any atom is 0.325 e. The number of likely N-dealkylation sites (tertiary alicyclic amines) is 2. The van der Waals surface area contributed by atoms with Crippen LogP contribution in [0.5, 0.6) is 0 Å². The molecule has 2 saturated heterocycles. The van der Waals surface area contributed by atoms with Gasteiger partial charge in [0.25, 0.3) is 11.8 Å². The summed E-state index contributed by atoms with van der Waals surface area (Å²) in [6, 6.07) is 36.3. The van der Waals surface area contributed by atoms with Gasteiger partial charge < -0.3 is 41.1 Å². The lowest BCUT2D eigenvalue weighted by Crippen LogP contribution is -2.43. The first kappa shape index (κ1) is 56.4. The highest BCUT2D eigenvalue weighted by molar-refractivity contribution is 6.00. The average molecular weight is 1080 g/mol. The van der Waals surface area contributed by atoms with Gasteiger partial charge in [0.2, 0.25) is 29.5 Å². The Labute approximate surface area is 463 Å². The van der Waals surface area contributed by atoms with E-state index in [1.807, 2.05) is 54.6 Å². The van der Waals surface area contributed by atoms with Crippen LogP contribution in [-0.2, 0) is 33.5 Å². The monoisotopic (exact) mass is 1080 g/mol. The average Bonchev–Trinajstić information content (AvgIpc) is 4.52. The van der Waals surface area contributed by atoms with Gasteiger partial charge in [-0.15, -0.1) is 0 Å². The van der Waals surface area contributed by atoms with Crippen LogP contribution in [0.1, 0.15) is 146 Å². The van der Waals surface area contributed by atoms with Gasteiger partial charge in [-0.3, -0.25) is 38.4 Å². The number of carbonyl (C=O) groups is 8. The van der Waals surface area contributed by atoms with E-state index in [4.69, 9.17) is 4.74 Å². The van der Waals surface area contributed by atoms with E-state index in [2.05, 4.69) is 63.0 Å². The zero-order valence-corrected chi connectivity index (χ0v) is 45.5. The number of hydrogen-bond donors (Lipinski definition) is 5. The lowest BCUT2D eigenvalue weighted by molar-refractivity contribution is -0.144. The number of benzene rings is 4. The van der Waals surface area contributed by atoms with Gasteiger partial charge >= 0.3 is 5.97 Å². The molecule has 3 saturated carbocycles. The van der Waals surface area contributed by atoms with Crippen molar-refractivity contribution in [3.63, 3.8) is 0 Å². The van der Waals surface area contributed by atoms with Crippen LogP contribution < -0.4 is 26.6 Å². The minimum absolute atomic E-state index is 0.0432. The quantitative estimate of drug-likeness (QED) is 0.0314. The van der Waals surface area contributed by atoms with Crippen molar-refractivity contribution >= 4 is 47.3 Å². The number of ether oxygens (including phenoxy) is 1. The van der Waals surface area contributed by atoms with Crippen LogP contribution >= 0.6 is 0 Å². The van der Waals surface area contributed by atoms with Crippen LogP contribution in [0.4, 0.5) is 0 Å². The molecule has 418 valence electrons. The summed E-state index contributed by atoms with van der Waals surface area (Å²) in [6.07, 6.45) is 12.5. The summed E-state index contributed by atoms with van der Waals surface area (Å²) >= 11 is 0. The van der Waals surface area contributed by atoms with Crippen LogP contribution in [0, 0.1) is 23.7 Å². The first-order chi connectivity index (χ1) is 38.4. The second-order valence-corrected chi connectivity index (χ2v) is 22.5. The molecule has 0 unspecified atom stereocenters. The summed E-state index contributed by atoms with van der Waals surface area (Å²) in [5.74, 6) is -4.72. The minimum Gasteiger partial charge on any atom is -0.464 e. The van der Waals surface area contributed by atoms with Gasteiger partial charge in [0.1, 0.15) is 6.54 Å². The van der Waals surface area contributed by atoms with Crippen molar-refractivity contribution in [2.75, 3.05) is 45.9 Å². The van der Waals surface area contributed by atoms with Crippen molar-refractivity contribution in [2.24, 2.45) is 23.7 Å². The van der Waals surface area contributed by atoms with Crippen molar-refractivity contribution in [1.82, 2.24) is 36.4 Å². The molecule has 9 rings (SSSR count). The molecule has 0 aromatic heterocycles. The van der Waals surface area contributed by atoms with Crippen LogP contribution in [0.25, 0.3) is 0 Å². The number of carbonyl (C=O) groups excluding carboxylic acids is 8. The molecule has 5 fully saturated rings. The third-order valence-electron chi connectivity index (χ3n) is 16.6. The SMILES string of the molecule is CC(=O)NCC(=O)OCCCCCCCCCCCCNC(=O)[C@@H]1CN(C(=O)c2ccc(C(=O)N3C[C@@H](C(=O)N[C@H]4C[C@@H]4c4ccccc4)[C@H](C(=O)N[C@H]4C[C@@H]4c4ccccc4)C3)cc2)C[C@H]1C(=O)N[C@H]1C[C@@H]1c1ccccc1. The molecule has 16 nitrogen and oxygen atoms in total. The van der Waals surface area contributed by atoms with Crippen molar-refractivity contribution in [1.29, 1.82) is 0 Å². The molecular formula is C63H77N7O9. The van der Waals surface area contributed by atoms with E-state index in [0.29, 0.717) is 24.3 Å². The molecule has 10 atom stereocenters. The summed E-state index contributed by atoms with van der Waals surface area (Å²) in [4.78, 5) is 110. The van der Waals surface area contributed by atoms with E-state index in [-0.39, 0.29) is 110 Å². The first-order valence-electron chi connectivity index (χ1n) is 28.8. The Balaban J connectivity index is 0.761. The lowest BCUT2D eigenvalue weighted by Gasteiger charge is -2.18. The van der Waals surface area contributed by atoms with Gasteiger partial charge in [-0.25, -0.2) is 0 Å². The zero-order chi connectivity index (χ0) is 55.3. The molecule has 4 aromatic carbocycles. The van der Waals surface area contributed by atoms with E-state index >= 15 is 0 Å². The van der Waals surface area contributed by atoms with Crippen molar-refractivity contribution < 1.29 is 43.1 Å². The molecule has 0 spiro atoms. The van der Waals surface area contributed by atoms with Gasteiger partial charge in [-0.2, -0.15) is 0 Å². The third kappa shape index (κ3) is 15.5. The smallest absolute Gasteiger partial charge is 0.325 e. The van der Waals surface area contributed by atoms with Gasteiger partial charge in [-0.05, 0) is 73.1 Å². The molecular weight excluding hydrogens is 999 g/mol. The summed E-state index contributed by atoms with van der Waals surface area (Å²) in [5.41, 5.74) is 4.09. The second kappa shape index (κ2) is 27.0. The van der Waals surface area contributed by atoms with Crippen molar-refractivity contribution in [3.8, 4) is 0 Å². The maximum atomic E-state index is 14.2. The van der Waals surface area contributed by atoms with E-state index in [0.717, 1.165) is 100 Å². The van der Waals surface area contributed by atoms with Gasteiger partial charge in [0.05, 0.1) is 30.3 Å². The molecule has 5 aliphatic rings. The number of hydrogen-bond acceptors (Lipinski definition) is 9. The fourth-order valence-corrected chi connectivity index (χ4v) is 11.7. The Bertz CT molecular complexity index is 2690. The van der Waals surface area contributed by atoms with Gasteiger partial charge in [-0.1, -0.05) is 142 Å². The third-order valence-corrected chi connectivity index (χ3v) is 16.6. The topological polar surface area (TPSA) is 212 Å². The minimum atomic E-state index is -0.745. The second-order valence-electron chi connectivity index (χ2n) is 22.5. The number of unbranched alkanes of at least 4 members (excludes halogenated alkanes) is 9. The normalized spacial score (nSPS) is 24.4. The molecule has 7 amide bonds. The number of rotatable bonds is 27. The number of nitrogens with zero attached hydrogens (tertiary/aromatic N) is 2. The van der Waals surface area contributed by atoms with E-state index < -0.39 is 29.6 Å². The number of nitrogens with one attached hydrogen (secondary N) is 5. The highest BCUT2D eigenvalue weighted by Crippen LogP contribution is 2.44. The first-order valence-corrected chi connectivity index (χ1v) is 28.8. The molecule has 79 heavy (non-hydrogen) atoms. The lowest BCUT2D eigenvalue weighted by atomic mass is 9.94. The Morgan fingerprint density at radius 2 is 0.772 bits per heavy atom. The van der Waals surface area contributed by atoms with Crippen LogP contribution in [0.15, 0.2) is 115 Å². The predicted molar refractivity (Wildman–Crippen MR) is 298 cm³/mol. The molecule has 2 aliphatic heterocycles. The zero-order valence-electron chi connectivity index (χ0n) is 45.5. The number of amides is 7. The van der Waals surface area contributed by atoms with Gasteiger partial charge in [0.15, 0.2) is 0 Å². The predicted octanol–water partition coefficient (Wildman–Crippen LogP) is 6.78. The van der Waals surface area contributed by atoms with E-state index in [1.165, 1.54) is 6.92 Å². The van der Waals surface area contributed by atoms with Crippen LogP contribution in [-0.4, -0.2) is 121 Å². The molecule has 2 heterocycles. The summed E-state index contributed by atoms with van der Waals surface area (Å²) < 4.78 is 5.14. The fraction of sp³-hybridized carbons (Fsp3) is 0.492. The summed E-state index contributed by atoms with van der Waals surface area (Å²) in [6.45, 7) is 2.37. The Morgan fingerprint density at radius 1 is 0.430 bits per heavy atom. The Hall–Kier alpha value is -7.36. The van der Waals surface area contributed by atoms with Gasteiger partial charge in [0, 0.05) is 86.7 Å². The summed E-state index contributed by atoms with van der Waals surface area (Å²) in [5, 5.41) is 15.1. The van der Waals surface area contributed by atoms with E-state index in [1.54, 1.807) is 34.1 Å². The van der Waals surface area contributed by atoms with Crippen LogP contribution in [0.3, 0.4) is 0 Å². The highest BCUT2D eigenvalue weighted by atomic mass is 16.5. The molecule has 3 aliphatic carbocycles. The molecule has 5 N–H and O–H groups in total. The fourth-order valence-electron chi connectivity index (χ4n) is 11.7. The molecule has 16 heteroatoms. The van der Waals surface area contributed by atoms with Crippen molar-refractivity contribution in [3.05, 3.63) is 143 Å². The van der Waals surface area contributed by atoms with E-state index in [9.17, 15) is 38.4 Å². The number of esters is 1. The Morgan fingerprint density at radius 3 is 1.14 bits per heavy atom. The largest absolute Gasteiger partial charge is 0.464 e.